The van der Waals surface area contributed by atoms with Crippen molar-refractivity contribution >= 4 is 33.2 Å². The summed E-state index contributed by atoms with van der Waals surface area (Å²) in [7, 11) is -2.51. The van der Waals surface area contributed by atoms with E-state index < -0.39 is 16.1 Å². The predicted octanol–water partition coefficient (Wildman–Crippen LogP) is 5.45. The maximum atomic E-state index is 13.7. The van der Waals surface area contributed by atoms with Gasteiger partial charge in [-0.05, 0) is 91.3 Å². The van der Waals surface area contributed by atoms with E-state index in [2.05, 4.69) is 23.5 Å². The number of fused-ring (bicyclic) bond motifs is 2. The van der Waals surface area contributed by atoms with Crippen molar-refractivity contribution < 1.29 is 22.7 Å². The molecule has 3 aromatic rings. The summed E-state index contributed by atoms with van der Waals surface area (Å²) in [5.41, 5.74) is 4.07. The summed E-state index contributed by atoms with van der Waals surface area (Å²) in [5.74, 6) is 0.448. The van der Waals surface area contributed by atoms with Gasteiger partial charge >= 0.3 is 0 Å². The molecule has 0 aromatic heterocycles. The van der Waals surface area contributed by atoms with Crippen LogP contribution in [0.25, 0.3) is 0 Å². The minimum Gasteiger partial charge on any atom is -0.497 e. The average Bonchev–Trinajstić information content (AvgIpc) is 2.94. The first-order valence-corrected chi connectivity index (χ1v) is 14.7. The van der Waals surface area contributed by atoms with Crippen LogP contribution in [0.3, 0.4) is 0 Å². The van der Waals surface area contributed by atoms with Crippen LogP contribution in [0.15, 0.2) is 65.6 Å². The quantitative estimate of drug-likeness (QED) is 0.420. The maximum absolute atomic E-state index is 13.7. The zero-order valence-electron chi connectivity index (χ0n) is 21.4. The zero-order valence-corrected chi connectivity index (χ0v) is 23.0. The van der Waals surface area contributed by atoms with Gasteiger partial charge in [-0.25, -0.2) is 8.42 Å². The molecule has 38 heavy (non-hydrogen) atoms. The first kappa shape index (κ1) is 26.4. The normalized spacial score (nSPS) is 17.6. The molecule has 0 bridgehead atoms. The maximum Gasteiger partial charge on any atom is 0.264 e. The molecule has 0 fully saturated rings. The highest BCUT2D eigenvalue weighted by molar-refractivity contribution is 7.92. The molecule has 0 saturated heterocycles. The highest BCUT2D eigenvalue weighted by Crippen LogP contribution is 2.39. The first-order chi connectivity index (χ1) is 18.3. The number of ether oxygens (including phenoxy) is 2. The van der Waals surface area contributed by atoms with Crippen molar-refractivity contribution in [2.24, 2.45) is 0 Å². The molecule has 7 nitrogen and oxygen atoms in total. The highest BCUT2D eigenvalue weighted by Gasteiger charge is 2.38. The summed E-state index contributed by atoms with van der Waals surface area (Å²) < 4.78 is 39.8. The fourth-order valence-corrected chi connectivity index (χ4v) is 6.75. The van der Waals surface area contributed by atoms with E-state index in [9.17, 15) is 13.2 Å². The van der Waals surface area contributed by atoms with Crippen molar-refractivity contribution in [2.45, 2.75) is 56.1 Å². The molecule has 0 spiro atoms. The van der Waals surface area contributed by atoms with Crippen LogP contribution in [0.5, 0.6) is 11.5 Å². The number of anilines is 1. The number of hydrogen-bond donors (Lipinski definition) is 1. The summed E-state index contributed by atoms with van der Waals surface area (Å²) in [6.45, 7) is 1.83. The van der Waals surface area contributed by atoms with Gasteiger partial charge in [0.2, 0.25) is 0 Å². The number of halogens is 1. The van der Waals surface area contributed by atoms with Gasteiger partial charge in [0.1, 0.15) is 11.5 Å². The number of methoxy groups -OCH3 is 1. The zero-order chi connectivity index (χ0) is 26.9. The Morgan fingerprint density at radius 2 is 1.82 bits per heavy atom. The van der Waals surface area contributed by atoms with Gasteiger partial charge in [-0.2, -0.15) is 0 Å². The van der Waals surface area contributed by atoms with Gasteiger partial charge in [-0.1, -0.05) is 36.7 Å². The van der Waals surface area contributed by atoms with E-state index in [1.165, 1.54) is 53.6 Å². The predicted molar refractivity (Wildman–Crippen MR) is 148 cm³/mol. The lowest BCUT2D eigenvalue weighted by Gasteiger charge is -2.35. The van der Waals surface area contributed by atoms with Crippen molar-refractivity contribution in [1.82, 2.24) is 5.32 Å². The number of aryl methyl sites for hydroxylation is 2. The molecule has 5 rings (SSSR count). The van der Waals surface area contributed by atoms with E-state index in [1.54, 1.807) is 24.3 Å². The van der Waals surface area contributed by atoms with Crippen LogP contribution in [0.1, 0.15) is 48.9 Å². The van der Waals surface area contributed by atoms with Gasteiger partial charge in [0, 0.05) is 5.02 Å². The molecule has 2 aliphatic rings. The molecule has 0 unspecified atom stereocenters. The van der Waals surface area contributed by atoms with Gasteiger partial charge in [0.15, 0.2) is 6.10 Å². The minimum atomic E-state index is -4.02. The van der Waals surface area contributed by atoms with Gasteiger partial charge < -0.3 is 14.8 Å². The number of amides is 1. The topological polar surface area (TPSA) is 84.9 Å². The number of rotatable bonds is 7. The van der Waals surface area contributed by atoms with Crippen LogP contribution in [-0.2, 0) is 27.7 Å². The molecule has 1 heterocycles. The second-order valence-electron chi connectivity index (χ2n) is 9.63. The molecule has 1 aliphatic heterocycles. The first-order valence-electron chi connectivity index (χ1n) is 12.8. The average molecular weight is 555 g/mol. The third-order valence-corrected chi connectivity index (χ3v) is 9.26. The number of carbonyl (C=O) groups is 1. The van der Waals surface area contributed by atoms with E-state index in [4.69, 9.17) is 21.1 Å². The van der Waals surface area contributed by atoms with Crippen molar-refractivity contribution in [2.75, 3.05) is 18.0 Å². The van der Waals surface area contributed by atoms with Crippen LogP contribution in [0, 0.1) is 0 Å². The summed E-state index contributed by atoms with van der Waals surface area (Å²) in [6.07, 6.45) is 4.19. The molecule has 200 valence electrons. The fourth-order valence-electron chi connectivity index (χ4n) is 5.12. The van der Waals surface area contributed by atoms with Crippen molar-refractivity contribution in [3.63, 3.8) is 0 Å². The van der Waals surface area contributed by atoms with Gasteiger partial charge in [-0.3, -0.25) is 9.10 Å². The molecule has 9 heteroatoms. The van der Waals surface area contributed by atoms with Gasteiger partial charge in [0.05, 0.1) is 30.3 Å². The molecule has 0 saturated carbocycles. The molecular formula is C29H31ClN2O5S. The molecule has 0 radical (unpaired) electrons. The van der Waals surface area contributed by atoms with Gasteiger partial charge in [-0.15, -0.1) is 0 Å². The highest BCUT2D eigenvalue weighted by atomic mass is 35.5. The number of sulfonamides is 1. The second-order valence-corrected chi connectivity index (χ2v) is 11.9. The number of benzene rings is 3. The van der Waals surface area contributed by atoms with E-state index >= 15 is 0 Å². The Hall–Kier alpha value is -3.23. The summed E-state index contributed by atoms with van der Waals surface area (Å²) in [4.78, 5) is 13.6. The van der Waals surface area contributed by atoms with E-state index in [1.807, 2.05) is 6.92 Å². The monoisotopic (exact) mass is 554 g/mol. The Labute approximate surface area is 228 Å². The summed E-state index contributed by atoms with van der Waals surface area (Å²) in [5, 5.41) is 3.47. The lowest BCUT2D eigenvalue weighted by atomic mass is 9.88. The van der Waals surface area contributed by atoms with Crippen LogP contribution < -0.4 is 19.1 Å². The summed E-state index contributed by atoms with van der Waals surface area (Å²) in [6, 6.07) is 17.1. The van der Waals surface area contributed by atoms with Crippen LogP contribution in [0.2, 0.25) is 5.02 Å². The van der Waals surface area contributed by atoms with Crippen LogP contribution >= 0.6 is 11.6 Å². The molecule has 1 amide bonds. The Bertz CT molecular complexity index is 1440. The summed E-state index contributed by atoms with van der Waals surface area (Å²) >= 11 is 6.21. The fraction of sp³-hybridized carbons (Fsp3) is 0.345. The van der Waals surface area contributed by atoms with E-state index in [-0.39, 0.29) is 29.1 Å². The standard InChI is InChI=1S/C29H31ClN2O5S/c1-3-25(21-9-8-19-6-4-5-7-20(19)16-21)31-29(33)28-18-32(26-17-22(30)10-15-27(26)37-28)38(34,35)24-13-11-23(36-2)12-14-24/h8-17,25,28H,3-7,18H2,1-2H3,(H,31,33)/t25-,28-/m0/s1. The largest absolute Gasteiger partial charge is 0.497 e. The van der Waals surface area contributed by atoms with E-state index in [0.717, 1.165) is 18.4 Å². The van der Waals surface area contributed by atoms with Crippen molar-refractivity contribution in [3.8, 4) is 11.5 Å². The Kier molecular flexibility index (Phi) is 7.54. The lowest BCUT2D eigenvalue weighted by Crippen LogP contribution is -2.51. The molecule has 3 aromatic carbocycles. The minimum absolute atomic E-state index is 0.0748. The third-order valence-electron chi connectivity index (χ3n) is 7.23. The molecular weight excluding hydrogens is 524 g/mol. The second kappa shape index (κ2) is 10.9. The van der Waals surface area contributed by atoms with E-state index in [0.29, 0.717) is 22.9 Å². The number of carbonyl (C=O) groups excluding carboxylic acids is 1. The van der Waals surface area contributed by atoms with Crippen molar-refractivity contribution in [3.05, 3.63) is 82.4 Å². The lowest BCUT2D eigenvalue weighted by molar-refractivity contribution is -0.128. The molecule has 1 N–H and O–H groups in total. The SMILES string of the molecule is CC[C@H](NC(=O)[C@@H]1CN(S(=O)(=O)c2ccc(OC)cc2)c2cc(Cl)ccc2O1)c1ccc2c(c1)CCCC2. The molecule has 2 atom stereocenters. The number of nitrogens with zero attached hydrogens (tertiary/aromatic N) is 1. The molecule has 1 aliphatic carbocycles. The number of nitrogens with one attached hydrogen (secondary N) is 1. The Morgan fingerprint density at radius 1 is 1.08 bits per heavy atom. The van der Waals surface area contributed by atoms with Crippen molar-refractivity contribution in [1.29, 1.82) is 0 Å². The smallest absolute Gasteiger partial charge is 0.264 e. The Morgan fingerprint density at radius 3 is 2.53 bits per heavy atom. The van der Waals surface area contributed by atoms with Crippen LogP contribution in [0.4, 0.5) is 5.69 Å². The number of hydrogen-bond acceptors (Lipinski definition) is 5. The third kappa shape index (κ3) is 5.20. The van der Waals surface area contributed by atoms with Crippen LogP contribution in [-0.4, -0.2) is 34.1 Å². The van der Waals surface area contributed by atoms with Gasteiger partial charge in [0.25, 0.3) is 15.9 Å². The Balaban J connectivity index is 1.42.